The quantitative estimate of drug-likeness (QED) is 0.584. The van der Waals surface area contributed by atoms with Crippen molar-refractivity contribution in [3.05, 3.63) is 11.3 Å². The summed E-state index contributed by atoms with van der Waals surface area (Å²) >= 11 is 2.39. The van der Waals surface area contributed by atoms with Gasteiger partial charge in [-0.15, -0.1) is 0 Å². The predicted molar refractivity (Wildman–Crippen MR) is 70.2 cm³/mol. The summed E-state index contributed by atoms with van der Waals surface area (Å²) in [5.74, 6) is 1.16. The molecule has 1 heterocycles. The number of Topliss-reactive ketones (excluding diaryl/α,β-unsaturated/α-hetero) is 1. The van der Waals surface area contributed by atoms with Crippen molar-refractivity contribution in [3.8, 4) is 0 Å². The molecule has 1 rings (SSSR count). The van der Waals surface area contributed by atoms with Gasteiger partial charge in [-0.2, -0.15) is 0 Å². The van der Waals surface area contributed by atoms with Crippen molar-refractivity contribution in [2.75, 3.05) is 0 Å². The van der Waals surface area contributed by atoms with E-state index in [2.05, 4.69) is 36.4 Å². The molecule has 15 heavy (non-hydrogen) atoms. The van der Waals surface area contributed by atoms with Crippen LogP contribution >= 0.6 is 22.6 Å². The Morgan fingerprint density at radius 2 is 2.13 bits per heavy atom. The van der Waals surface area contributed by atoms with Crippen LogP contribution in [0.4, 0.5) is 0 Å². The second-order valence-corrected chi connectivity index (χ2v) is 7.19. The number of carbonyl (C=O) groups is 1. The molecule has 0 N–H and O–H groups in total. The van der Waals surface area contributed by atoms with Gasteiger partial charge in [0, 0.05) is 24.8 Å². The first kappa shape index (κ1) is 13.0. The number of carbonyl (C=O) groups excluding carboxylic acids is 1. The molecule has 86 valence electrons. The normalized spacial score (nSPS) is 21.8. The average molecular weight is 322 g/mol. The first-order valence-corrected chi connectivity index (χ1v) is 6.58. The topological polar surface area (TPSA) is 26.3 Å². The smallest absolute Gasteiger partial charge is 0.162 e. The molecule has 1 unspecified atom stereocenters. The van der Waals surface area contributed by atoms with Gasteiger partial charge in [-0.25, -0.2) is 0 Å². The molecular formula is C12H19IO2. The van der Waals surface area contributed by atoms with E-state index in [9.17, 15) is 4.79 Å². The van der Waals surface area contributed by atoms with E-state index in [1.807, 2.05) is 13.8 Å². The van der Waals surface area contributed by atoms with Crippen molar-refractivity contribution >= 4 is 28.4 Å². The highest BCUT2D eigenvalue weighted by Gasteiger charge is 2.36. The van der Waals surface area contributed by atoms with Gasteiger partial charge < -0.3 is 4.74 Å². The molecule has 0 fully saturated rings. The molecule has 0 radical (unpaired) electrons. The van der Waals surface area contributed by atoms with Crippen molar-refractivity contribution < 1.29 is 9.53 Å². The van der Waals surface area contributed by atoms with Crippen molar-refractivity contribution in [2.24, 2.45) is 0 Å². The van der Waals surface area contributed by atoms with Gasteiger partial charge in [0.25, 0.3) is 0 Å². The Kier molecular flexibility index (Phi) is 4.20. The second-order valence-electron chi connectivity index (χ2n) is 4.41. The zero-order chi connectivity index (χ0) is 11.6. The van der Waals surface area contributed by atoms with Gasteiger partial charge >= 0.3 is 0 Å². The third kappa shape index (κ3) is 2.95. The van der Waals surface area contributed by atoms with E-state index in [1.165, 1.54) is 0 Å². The lowest BCUT2D eigenvalue weighted by Gasteiger charge is -2.25. The molecule has 1 aliphatic heterocycles. The van der Waals surface area contributed by atoms with E-state index in [4.69, 9.17) is 4.74 Å². The average Bonchev–Trinajstić information content (AvgIpc) is 2.59. The highest BCUT2D eigenvalue weighted by atomic mass is 127. The minimum Gasteiger partial charge on any atom is -0.493 e. The summed E-state index contributed by atoms with van der Waals surface area (Å²) in [6.07, 6.45) is 2.34. The predicted octanol–water partition coefficient (Wildman–Crippen LogP) is 3.63. The van der Waals surface area contributed by atoms with Crippen LogP contribution in [0, 0.1) is 0 Å². The molecule has 1 aliphatic rings. The molecule has 0 aromatic rings. The fraction of sp³-hybridized carbons (Fsp3) is 0.750. The molecular weight excluding hydrogens is 303 g/mol. The fourth-order valence-corrected chi connectivity index (χ4v) is 2.09. The Morgan fingerprint density at radius 3 is 2.53 bits per heavy atom. The number of halogens is 1. The Bertz CT molecular complexity index is 286. The summed E-state index contributed by atoms with van der Waals surface area (Å²) in [6, 6.07) is 0. The lowest BCUT2D eigenvalue weighted by Crippen LogP contribution is -2.29. The Labute approximate surface area is 106 Å². The Balaban J connectivity index is 2.82. The van der Waals surface area contributed by atoms with E-state index < -0.39 is 0 Å². The standard InChI is InChI=1S/C12H19IO2/c1-5-9(14)8-7-11(12(3,4)13)15-10(8)6-2/h11H,5-7H2,1-4H3. The molecule has 3 heteroatoms. The largest absolute Gasteiger partial charge is 0.493 e. The molecule has 0 bridgehead atoms. The van der Waals surface area contributed by atoms with Gasteiger partial charge in [0.05, 0.1) is 3.42 Å². The number of hydrogen-bond donors (Lipinski definition) is 0. The highest BCUT2D eigenvalue weighted by Crippen LogP contribution is 2.37. The minimum atomic E-state index is 0.0773. The zero-order valence-corrected chi connectivity index (χ0v) is 12.1. The summed E-state index contributed by atoms with van der Waals surface area (Å²) in [5, 5.41) is 0. The summed E-state index contributed by atoms with van der Waals surface area (Å²) in [4.78, 5) is 11.7. The van der Waals surface area contributed by atoms with Gasteiger partial charge in [-0.05, 0) is 13.8 Å². The third-order valence-electron chi connectivity index (χ3n) is 2.76. The van der Waals surface area contributed by atoms with Crippen LogP contribution in [0.1, 0.15) is 47.0 Å². The third-order valence-corrected chi connectivity index (χ3v) is 3.45. The number of rotatable bonds is 4. The summed E-state index contributed by atoms with van der Waals surface area (Å²) in [6.45, 7) is 8.24. The molecule has 0 spiro atoms. The first-order valence-electron chi connectivity index (χ1n) is 5.50. The second kappa shape index (κ2) is 4.85. The number of alkyl halides is 1. The van der Waals surface area contributed by atoms with Crippen LogP contribution in [-0.4, -0.2) is 15.3 Å². The molecule has 0 aromatic carbocycles. The van der Waals surface area contributed by atoms with Gasteiger partial charge in [-0.3, -0.25) is 4.79 Å². The van der Waals surface area contributed by atoms with Crippen LogP contribution in [-0.2, 0) is 9.53 Å². The van der Waals surface area contributed by atoms with Gasteiger partial charge in [0.1, 0.15) is 11.9 Å². The van der Waals surface area contributed by atoms with E-state index in [-0.39, 0.29) is 15.3 Å². The molecule has 1 atom stereocenters. The van der Waals surface area contributed by atoms with Gasteiger partial charge in [0.15, 0.2) is 5.78 Å². The zero-order valence-electron chi connectivity index (χ0n) is 9.89. The lowest BCUT2D eigenvalue weighted by molar-refractivity contribution is -0.115. The molecule has 2 nitrogen and oxygen atoms in total. The van der Waals surface area contributed by atoms with Crippen molar-refractivity contribution in [1.82, 2.24) is 0 Å². The SMILES string of the molecule is CCC(=O)C1=C(CC)OC(C(C)(C)I)C1. The maximum atomic E-state index is 11.7. The lowest BCUT2D eigenvalue weighted by atomic mass is 9.97. The maximum Gasteiger partial charge on any atom is 0.162 e. The summed E-state index contributed by atoms with van der Waals surface area (Å²) in [5.41, 5.74) is 0.926. The van der Waals surface area contributed by atoms with Crippen molar-refractivity contribution in [3.63, 3.8) is 0 Å². The molecule has 0 aromatic heterocycles. The van der Waals surface area contributed by atoms with Crippen LogP contribution in [0.3, 0.4) is 0 Å². The minimum absolute atomic E-state index is 0.0773. The van der Waals surface area contributed by atoms with Crippen LogP contribution < -0.4 is 0 Å². The number of allylic oxidation sites excluding steroid dienone is 1. The Morgan fingerprint density at radius 1 is 1.53 bits per heavy atom. The number of ketones is 1. The highest BCUT2D eigenvalue weighted by molar-refractivity contribution is 14.1. The van der Waals surface area contributed by atoms with E-state index in [1.54, 1.807) is 0 Å². The molecule has 0 saturated carbocycles. The first-order chi connectivity index (χ1) is 6.90. The van der Waals surface area contributed by atoms with Crippen molar-refractivity contribution in [1.29, 1.82) is 0 Å². The van der Waals surface area contributed by atoms with Gasteiger partial charge in [0.2, 0.25) is 0 Å². The maximum absolute atomic E-state index is 11.7. The summed E-state index contributed by atoms with van der Waals surface area (Å²) < 4.78 is 5.94. The monoisotopic (exact) mass is 322 g/mol. The Hall–Kier alpha value is -0.0600. The van der Waals surface area contributed by atoms with Crippen LogP contribution in [0.25, 0.3) is 0 Å². The van der Waals surface area contributed by atoms with Crippen molar-refractivity contribution in [2.45, 2.75) is 56.5 Å². The molecule has 0 aliphatic carbocycles. The number of ether oxygens (including phenoxy) is 1. The van der Waals surface area contributed by atoms with Crippen LogP contribution in [0.2, 0.25) is 0 Å². The van der Waals surface area contributed by atoms with Crippen LogP contribution in [0.15, 0.2) is 11.3 Å². The number of hydrogen-bond acceptors (Lipinski definition) is 2. The van der Waals surface area contributed by atoms with E-state index >= 15 is 0 Å². The van der Waals surface area contributed by atoms with E-state index in [0.29, 0.717) is 6.42 Å². The summed E-state index contributed by atoms with van der Waals surface area (Å²) in [7, 11) is 0. The van der Waals surface area contributed by atoms with Crippen LogP contribution in [0.5, 0.6) is 0 Å². The van der Waals surface area contributed by atoms with Gasteiger partial charge in [-0.1, -0.05) is 36.4 Å². The molecule has 0 saturated heterocycles. The van der Waals surface area contributed by atoms with E-state index in [0.717, 1.165) is 24.2 Å². The molecule has 0 amide bonds. The fourth-order valence-electron chi connectivity index (χ4n) is 1.75.